The van der Waals surface area contributed by atoms with Gasteiger partial charge in [0.2, 0.25) is 8.32 Å². The molecule has 0 aliphatic rings. The average Bonchev–Trinajstić information content (AvgIpc) is 2.77. The molecule has 32 heavy (non-hydrogen) atoms. The van der Waals surface area contributed by atoms with Crippen molar-refractivity contribution in [3.8, 4) is 11.8 Å². The lowest BCUT2D eigenvalue weighted by Crippen LogP contribution is -2.50. The van der Waals surface area contributed by atoms with E-state index in [1.807, 2.05) is 18.2 Å². The summed E-state index contributed by atoms with van der Waals surface area (Å²) in [5.74, 6) is 6.49. The summed E-state index contributed by atoms with van der Waals surface area (Å²) in [6.07, 6.45) is 2.47. The molecule has 2 unspecified atom stereocenters. The number of rotatable bonds is 11. The maximum Gasteiger partial charge on any atom is 0.202 e. The van der Waals surface area contributed by atoms with Crippen molar-refractivity contribution < 1.29 is 9.53 Å². The van der Waals surface area contributed by atoms with Crippen LogP contribution < -0.4 is 0 Å². The van der Waals surface area contributed by atoms with E-state index in [-0.39, 0.29) is 6.10 Å². The monoisotopic (exact) mass is 450 g/mol. The van der Waals surface area contributed by atoms with E-state index < -0.39 is 14.4 Å². The Bertz CT molecular complexity index is 812. The minimum Gasteiger partial charge on any atom is -0.402 e. The average molecular weight is 451 g/mol. The number of aliphatic hydroxyl groups excluding tert-OH is 1. The Kier molecular flexibility index (Phi) is 10.7. The molecule has 0 amide bonds. The molecule has 3 heteroatoms. The highest BCUT2D eigenvalue weighted by Gasteiger charge is 2.46. The lowest BCUT2D eigenvalue weighted by atomic mass is 10.1. The molecular weight excluding hydrogens is 408 g/mol. The predicted octanol–water partition coefficient (Wildman–Crippen LogP) is 7.18. The Morgan fingerprint density at radius 2 is 1.12 bits per heavy atom. The summed E-state index contributed by atoms with van der Waals surface area (Å²) in [6, 6.07) is 20.8. The molecule has 0 saturated carbocycles. The Hall–Kier alpha value is -1.86. The number of hydrogen-bond acceptors (Lipinski definition) is 2. The molecule has 2 aromatic carbocycles. The first-order valence-corrected chi connectivity index (χ1v) is 14.3. The van der Waals surface area contributed by atoms with Crippen LogP contribution >= 0.6 is 0 Å². The first-order valence-electron chi connectivity index (χ1n) is 12.2. The van der Waals surface area contributed by atoms with Gasteiger partial charge in [0.25, 0.3) is 0 Å². The van der Waals surface area contributed by atoms with Crippen molar-refractivity contribution in [3.63, 3.8) is 0 Å². The predicted molar refractivity (Wildman–Crippen MR) is 139 cm³/mol. The molecule has 0 bridgehead atoms. The fraction of sp³-hybridized carbons (Fsp3) is 0.517. The maximum atomic E-state index is 10.6. The van der Waals surface area contributed by atoms with E-state index in [1.165, 1.54) is 11.1 Å². The smallest absolute Gasteiger partial charge is 0.202 e. The van der Waals surface area contributed by atoms with Crippen molar-refractivity contribution >= 4 is 8.32 Å². The molecule has 0 fully saturated rings. The highest BCUT2D eigenvalue weighted by atomic mass is 28.4. The molecule has 2 atom stereocenters. The summed E-state index contributed by atoms with van der Waals surface area (Å²) in [4.78, 5) is 0. The number of hydrogen-bond donors (Lipinski definition) is 1. The zero-order chi connectivity index (χ0) is 23.6. The van der Waals surface area contributed by atoms with E-state index in [9.17, 15) is 5.11 Å². The van der Waals surface area contributed by atoms with E-state index in [0.717, 1.165) is 19.3 Å². The standard InChI is InChI=1S/C29H42O2Si/c1-23(2)32(24(3)4,25(5)6)31-29(21-18-27-15-11-8-12-16-27)22-20-28(30)19-17-26-13-9-7-10-14-26/h7-16,23-25,28-30H,17-19,21H2,1-6H3. The quantitative estimate of drug-likeness (QED) is 0.290. The Morgan fingerprint density at radius 3 is 1.56 bits per heavy atom. The van der Waals surface area contributed by atoms with Gasteiger partial charge in [0.05, 0.1) is 0 Å². The van der Waals surface area contributed by atoms with Crippen LogP contribution in [0.1, 0.15) is 65.5 Å². The third-order valence-corrected chi connectivity index (χ3v) is 12.7. The fourth-order valence-corrected chi connectivity index (χ4v) is 10.5. The summed E-state index contributed by atoms with van der Waals surface area (Å²) in [6.45, 7) is 13.8. The van der Waals surface area contributed by atoms with Gasteiger partial charge in [-0.15, -0.1) is 0 Å². The Morgan fingerprint density at radius 1 is 0.688 bits per heavy atom. The van der Waals surface area contributed by atoms with Crippen LogP contribution in [-0.2, 0) is 17.3 Å². The highest BCUT2D eigenvalue weighted by Crippen LogP contribution is 2.43. The third-order valence-electron chi connectivity index (χ3n) is 6.55. The summed E-state index contributed by atoms with van der Waals surface area (Å²) >= 11 is 0. The van der Waals surface area contributed by atoms with Gasteiger partial charge in [0.15, 0.2) is 0 Å². The molecule has 2 rings (SSSR count). The summed E-state index contributed by atoms with van der Waals surface area (Å²) in [5.41, 5.74) is 4.05. The van der Waals surface area contributed by atoms with E-state index in [1.54, 1.807) is 0 Å². The molecular formula is C29H42O2Si. The van der Waals surface area contributed by atoms with Crippen LogP contribution in [0.15, 0.2) is 60.7 Å². The third kappa shape index (κ3) is 7.62. The van der Waals surface area contributed by atoms with Gasteiger partial charge in [-0.3, -0.25) is 0 Å². The normalized spacial score (nSPS) is 13.8. The molecule has 0 radical (unpaired) electrons. The van der Waals surface area contributed by atoms with Crippen molar-refractivity contribution in [2.75, 3.05) is 0 Å². The molecule has 0 aliphatic heterocycles. The molecule has 0 spiro atoms. The van der Waals surface area contributed by atoms with Crippen molar-refractivity contribution in [1.82, 2.24) is 0 Å². The van der Waals surface area contributed by atoms with E-state index in [4.69, 9.17) is 4.43 Å². The van der Waals surface area contributed by atoms with Crippen molar-refractivity contribution in [3.05, 3.63) is 71.8 Å². The van der Waals surface area contributed by atoms with Gasteiger partial charge in [0.1, 0.15) is 12.2 Å². The van der Waals surface area contributed by atoms with Gasteiger partial charge >= 0.3 is 0 Å². The van der Waals surface area contributed by atoms with Crippen LogP contribution in [0.25, 0.3) is 0 Å². The summed E-state index contributed by atoms with van der Waals surface area (Å²) in [7, 11) is -2.06. The SMILES string of the molecule is CC(C)[Si](OC(C#CC(O)CCc1ccccc1)CCc1ccccc1)(C(C)C)C(C)C. The zero-order valence-corrected chi connectivity index (χ0v) is 21.8. The Labute approximate surface area is 197 Å². The lowest BCUT2D eigenvalue weighted by molar-refractivity contribution is 0.208. The fourth-order valence-electron chi connectivity index (χ4n) is 4.97. The first kappa shape index (κ1) is 26.4. The van der Waals surface area contributed by atoms with Crippen LogP contribution in [0.5, 0.6) is 0 Å². The van der Waals surface area contributed by atoms with Gasteiger partial charge < -0.3 is 9.53 Å². The molecule has 1 N–H and O–H groups in total. The topological polar surface area (TPSA) is 29.5 Å². The van der Waals surface area contributed by atoms with Crippen LogP contribution in [0.2, 0.25) is 16.6 Å². The largest absolute Gasteiger partial charge is 0.402 e. The molecule has 2 aromatic rings. The van der Waals surface area contributed by atoms with Crippen molar-refractivity contribution in [2.45, 2.75) is 96.1 Å². The summed E-state index contributed by atoms with van der Waals surface area (Å²) < 4.78 is 7.01. The van der Waals surface area contributed by atoms with Crippen molar-refractivity contribution in [1.29, 1.82) is 0 Å². The van der Waals surface area contributed by atoms with E-state index in [2.05, 4.69) is 95.8 Å². The molecule has 2 nitrogen and oxygen atoms in total. The van der Waals surface area contributed by atoms with Crippen LogP contribution in [0.3, 0.4) is 0 Å². The first-order chi connectivity index (χ1) is 15.3. The molecule has 0 aliphatic carbocycles. The zero-order valence-electron chi connectivity index (χ0n) is 20.8. The lowest BCUT2D eigenvalue weighted by Gasteiger charge is -2.43. The minimum absolute atomic E-state index is 0.152. The molecule has 0 aromatic heterocycles. The van der Waals surface area contributed by atoms with Crippen LogP contribution in [0.4, 0.5) is 0 Å². The van der Waals surface area contributed by atoms with Gasteiger partial charge in [-0.2, -0.15) is 0 Å². The number of benzene rings is 2. The maximum absolute atomic E-state index is 10.6. The molecule has 0 saturated heterocycles. The number of aryl methyl sites for hydroxylation is 2. The minimum atomic E-state index is -2.06. The van der Waals surface area contributed by atoms with Crippen LogP contribution in [0, 0.1) is 11.8 Å². The van der Waals surface area contributed by atoms with Crippen molar-refractivity contribution in [2.24, 2.45) is 0 Å². The highest BCUT2D eigenvalue weighted by molar-refractivity contribution is 6.77. The van der Waals surface area contributed by atoms with Gasteiger partial charge in [-0.05, 0) is 53.4 Å². The van der Waals surface area contributed by atoms with Crippen LogP contribution in [-0.4, -0.2) is 25.6 Å². The van der Waals surface area contributed by atoms with E-state index >= 15 is 0 Å². The number of aliphatic hydroxyl groups is 1. The van der Waals surface area contributed by atoms with Gasteiger partial charge in [0, 0.05) is 0 Å². The Balaban J connectivity index is 2.17. The second kappa shape index (κ2) is 13.0. The van der Waals surface area contributed by atoms with E-state index in [0.29, 0.717) is 23.0 Å². The second-order valence-corrected chi connectivity index (χ2v) is 15.2. The van der Waals surface area contributed by atoms with Gasteiger partial charge in [-0.1, -0.05) is 114 Å². The summed E-state index contributed by atoms with van der Waals surface area (Å²) in [5, 5.41) is 10.6. The van der Waals surface area contributed by atoms with Gasteiger partial charge in [-0.25, -0.2) is 0 Å². The molecule has 0 heterocycles. The second-order valence-electron chi connectivity index (χ2n) is 9.78. The molecule has 174 valence electrons.